The standard InChI is InChI=1S/C22H32N2O2/c23-18-13-16-9-6-10-17(14-18)20(16)24-22(25)21(15-7-2-1-3-8-15)26-19-11-4-5-12-19/h1-3,7-8,16-21H,4-6,9-14,23H2,(H,24,25). The van der Waals surface area contributed by atoms with Gasteiger partial charge in [0.25, 0.3) is 5.91 Å². The lowest BCUT2D eigenvalue weighted by Gasteiger charge is -2.45. The summed E-state index contributed by atoms with van der Waals surface area (Å²) in [6.07, 6.45) is 10.0. The summed E-state index contributed by atoms with van der Waals surface area (Å²) in [4.78, 5) is 13.2. The van der Waals surface area contributed by atoms with Gasteiger partial charge in [0.2, 0.25) is 0 Å². The number of nitrogens with one attached hydrogen (secondary N) is 1. The highest BCUT2D eigenvalue weighted by molar-refractivity contribution is 5.82. The van der Waals surface area contributed by atoms with Crippen LogP contribution < -0.4 is 11.1 Å². The summed E-state index contributed by atoms with van der Waals surface area (Å²) in [6, 6.07) is 10.6. The third-order valence-electron chi connectivity index (χ3n) is 6.66. The number of fused-ring (bicyclic) bond motifs is 2. The highest BCUT2D eigenvalue weighted by atomic mass is 16.5. The fraction of sp³-hybridized carbons (Fsp3) is 0.682. The van der Waals surface area contributed by atoms with Crippen molar-refractivity contribution in [1.82, 2.24) is 5.32 Å². The van der Waals surface area contributed by atoms with E-state index in [9.17, 15) is 4.79 Å². The summed E-state index contributed by atoms with van der Waals surface area (Å²) in [5.41, 5.74) is 7.21. The molecule has 3 unspecified atom stereocenters. The molecule has 2 bridgehead atoms. The van der Waals surface area contributed by atoms with Gasteiger partial charge in [-0.25, -0.2) is 0 Å². The van der Waals surface area contributed by atoms with Gasteiger partial charge in [-0.1, -0.05) is 49.6 Å². The maximum atomic E-state index is 13.2. The van der Waals surface area contributed by atoms with Crippen molar-refractivity contribution in [1.29, 1.82) is 0 Å². The maximum absolute atomic E-state index is 13.2. The Kier molecular flexibility index (Phi) is 5.60. The minimum absolute atomic E-state index is 0.0421. The Morgan fingerprint density at radius 1 is 1.00 bits per heavy atom. The molecular weight excluding hydrogens is 324 g/mol. The van der Waals surface area contributed by atoms with Crippen molar-refractivity contribution in [3.8, 4) is 0 Å². The molecule has 26 heavy (non-hydrogen) atoms. The van der Waals surface area contributed by atoms with Crippen LogP contribution in [0.25, 0.3) is 0 Å². The van der Waals surface area contributed by atoms with Crippen LogP contribution in [-0.2, 0) is 9.53 Å². The molecule has 1 aromatic carbocycles. The van der Waals surface area contributed by atoms with Gasteiger partial charge in [-0.2, -0.15) is 0 Å². The molecule has 4 nitrogen and oxygen atoms in total. The van der Waals surface area contributed by atoms with Gasteiger partial charge < -0.3 is 15.8 Å². The number of hydrogen-bond donors (Lipinski definition) is 2. The van der Waals surface area contributed by atoms with E-state index < -0.39 is 6.10 Å². The highest BCUT2D eigenvalue weighted by Crippen LogP contribution is 2.40. The van der Waals surface area contributed by atoms with Gasteiger partial charge in [0, 0.05) is 12.1 Å². The molecule has 0 radical (unpaired) electrons. The first-order valence-corrected chi connectivity index (χ1v) is 10.5. The first-order chi connectivity index (χ1) is 12.7. The summed E-state index contributed by atoms with van der Waals surface area (Å²) in [5.74, 6) is 1.11. The van der Waals surface area contributed by atoms with Crippen LogP contribution in [0.2, 0.25) is 0 Å². The van der Waals surface area contributed by atoms with E-state index in [4.69, 9.17) is 10.5 Å². The molecule has 3 aliphatic rings. The van der Waals surface area contributed by atoms with Crippen molar-refractivity contribution in [3.63, 3.8) is 0 Å². The molecule has 4 rings (SSSR count). The first kappa shape index (κ1) is 18.0. The second-order valence-corrected chi connectivity index (χ2v) is 8.55. The Hall–Kier alpha value is -1.39. The molecule has 0 aromatic heterocycles. The quantitative estimate of drug-likeness (QED) is 0.845. The normalized spacial score (nSPS) is 33.0. The van der Waals surface area contributed by atoms with E-state index in [2.05, 4.69) is 5.32 Å². The van der Waals surface area contributed by atoms with Crippen molar-refractivity contribution in [2.75, 3.05) is 0 Å². The smallest absolute Gasteiger partial charge is 0.254 e. The van der Waals surface area contributed by atoms with E-state index in [0.717, 1.165) is 31.2 Å². The first-order valence-electron chi connectivity index (χ1n) is 10.5. The van der Waals surface area contributed by atoms with E-state index in [0.29, 0.717) is 17.9 Å². The largest absolute Gasteiger partial charge is 0.360 e. The summed E-state index contributed by atoms with van der Waals surface area (Å²) < 4.78 is 6.31. The molecule has 4 heteroatoms. The fourth-order valence-electron chi connectivity index (χ4n) is 5.40. The lowest BCUT2D eigenvalue weighted by Crippen LogP contribution is -2.54. The van der Waals surface area contributed by atoms with Crippen LogP contribution in [0.1, 0.15) is 69.5 Å². The maximum Gasteiger partial charge on any atom is 0.254 e. The van der Waals surface area contributed by atoms with Crippen LogP contribution in [0.4, 0.5) is 0 Å². The summed E-state index contributed by atoms with van der Waals surface area (Å²) in [6.45, 7) is 0. The van der Waals surface area contributed by atoms with Gasteiger partial charge in [0.1, 0.15) is 0 Å². The number of nitrogens with two attached hydrogens (primary N) is 1. The Morgan fingerprint density at radius 2 is 1.65 bits per heavy atom. The van der Waals surface area contributed by atoms with E-state index in [1.807, 2.05) is 30.3 Å². The minimum Gasteiger partial charge on any atom is -0.360 e. The Balaban J connectivity index is 1.49. The zero-order chi connectivity index (χ0) is 17.9. The molecule has 1 aromatic rings. The van der Waals surface area contributed by atoms with Gasteiger partial charge in [-0.3, -0.25) is 4.79 Å². The van der Waals surface area contributed by atoms with Crippen molar-refractivity contribution in [2.45, 2.75) is 82.1 Å². The number of hydrogen-bond acceptors (Lipinski definition) is 3. The van der Waals surface area contributed by atoms with Gasteiger partial charge in [-0.15, -0.1) is 0 Å². The molecule has 3 aliphatic carbocycles. The molecule has 0 saturated heterocycles. The highest BCUT2D eigenvalue weighted by Gasteiger charge is 2.41. The van der Waals surface area contributed by atoms with Crippen LogP contribution in [-0.4, -0.2) is 24.1 Å². The zero-order valence-corrected chi connectivity index (χ0v) is 15.6. The topological polar surface area (TPSA) is 64.3 Å². The summed E-state index contributed by atoms with van der Waals surface area (Å²) in [7, 11) is 0. The predicted molar refractivity (Wildman–Crippen MR) is 102 cm³/mol. The molecule has 0 spiro atoms. The lowest BCUT2D eigenvalue weighted by molar-refractivity contribution is -0.139. The Bertz CT molecular complexity index is 585. The van der Waals surface area contributed by atoms with Crippen LogP contribution in [0.15, 0.2) is 30.3 Å². The second-order valence-electron chi connectivity index (χ2n) is 8.55. The van der Waals surface area contributed by atoms with Crippen LogP contribution in [0.5, 0.6) is 0 Å². The number of carbonyl (C=O) groups excluding carboxylic acids is 1. The minimum atomic E-state index is -0.490. The Morgan fingerprint density at radius 3 is 2.31 bits per heavy atom. The molecule has 142 valence electrons. The van der Waals surface area contributed by atoms with E-state index in [1.165, 1.54) is 32.1 Å². The third kappa shape index (κ3) is 3.96. The fourth-order valence-corrected chi connectivity index (χ4v) is 5.40. The van der Waals surface area contributed by atoms with Crippen molar-refractivity contribution in [3.05, 3.63) is 35.9 Å². The van der Waals surface area contributed by atoms with E-state index >= 15 is 0 Å². The average Bonchev–Trinajstić information content (AvgIpc) is 3.14. The van der Waals surface area contributed by atoms with Gasteiger partial charge >= 0.3 is 0 Å². The molecule has 0 heterocycles. The summed E-state index contributed by atoms with van der Waals surface area (Å²) in [5, 5.41) is 3.39. The van der Waals surface area contributed by atoms with Crippen molar-refractivity contribution < 1.29 is 9.53 Å². The molecule has 3 fully saturated rings. The Labute approximate surface area is 156 Å². The number of ether oxygens (including phenoxy) is 1. The van der Waals surface area contributed by atoms with Gasteiger partial charge in [0.15, 0.2) is 6.10 Å². The molecule has 3 N–H and O–H groups in total. The van der Waals surface area contributed by atoms with Gasteiger partial charge in [-0.05, 0) is 55.9 Å². The zero-order valence-electron chi connectivity index (χ0n) is 15.6. The molecule has 3 atom stereocenters. The number of carbonyl (C=O) groups is 1. The molecule has 1 amide bonds. The second kappa shape index (κ2) is 8.10. The molecule has 3 saturated carbocycles. The van der Waals surface area contributed by atoms with Crippen LogP contribution in [0, 0.1) is 11.8 Å². The molecular formula is C22H32N2O2. The predicted octanol–water partition coefficient (Wildman–Crippen LogP) is 3.71. The number of rotatable bonds is 5. The lowest BCUT2D eigenvalue weighted by atomic mass is 9.67. The average molecular weight is 357 g/mol. The molecule has 0 aliphatic heterocycles. The van der Waals surface area contributed by atoms with Crippen LogP contribution >= 0.6 is 0 Å². The monoisotopic (exact) mass is 356 g/mol. The SMILES string of the molecule is NC1CC2CCCC(C1)C2NC(=O)C(OC1CCCC1)c1ccccc1. The van der Waals surface area contributed by atoms with Crippen molar-refractivity contribution >= 4 is 5.91 Å². The van der Waals surface area contributed by atoms with Crippen molar-refractivity contribution in [2.24, 2.45) is 17.6 Å². The van der Waals surface area contributed by atoms with Gasteiger partial charge in [0.05, 0.1) is 6.10 Å². The number of amides is 1. The third-order valence-corrected chi connectivity index (χ3v) is 6.66. The van der Waals surface area contributed by atoms with E-state index in [-0.39, 0.29) is 18.1 Å². The number of benzene rings is 1. The van der Waals surface area contributed by atoms with Crippen LogP contribution in [0.3, 0.4) is 0 Å². The van der Waals surface area contributed by atoms with E-state index in [1.54, 1.807) is 0 Å². The summed E-state index contributed by atoms with van der Waals surface area (Å²) >= 11 is 0.